The van der Waals surface area contributed by atoms with Crippen molar-refractivity contribution in [3.05, 3.63) is 0 Å². The predicted octanol–water partition coefficient (Wildman–Crippen LogP) is -1.24. The van der Waals surface area contributed by atoms with Crippen LogP contribution < -0.4 is 16.5 Å². The largest absolute Gasteiger partial charge is 0.379 e. The molecule has 1 rings (SSSR count). The third-order valence-electron chi connectivity index (χ3n) is 2.14. The minimum absolute atomic E-state index is 0.0983. The zero-order valence-corrected chi connectivity index (χ0v) is 8.99. The van der Waals surface area contributed by atoms with Crippen molar-refractivity contribution < 1.29 is 14.4 Å². The highest BCUT2D eigenvalue weighted by Gasteiger charge is 2.16. The molecule has 2 atom stereocenters. The number of morpholine rings is 1. The van der Waals surface area contributed by atoms with Gasteiger partial charge in [-0.2, -0.15) is 5.48 Å². The average molecular weight is 217 g/mol. The van der Waals surface area contributed by atoms with Crippen molar-refractivity contribution in [2.45, 2.75) is 25.4 Å². The number of primary amides is 1. The number of nitrogens with two attached hydrogens (primary N) is 1. The van der Waals surface area contributed by atoms with Crippen LogP contribution in [0.1, 0.15) is 13.3 Å². The monoisotopic (exact) mass is 217 g/mol. The van der Waals surface area contributed by atoms with Gasteiger partial charge in [0, 0.05) is 18.6 Å². The maximum atomic E-state index is 10.4. The van der Waals surface area contributed by atoms with Crippen LogP contribution in [0.5, 0.6) is 0 Å². The second-order valence-corrected chi connectivity index (χ2v) is 3.74. The fourth-order valence-electron chi connectivity index (χ4n) is 1.50. The highest BCUT2D eigenvalue weighted by molar-refractivity contribution is 5.74. The zero-order valence-electron chi connectivity index (χ0n) is 8.99. The summed E-state index contributed by atoms with van der Waals surface area (Å²) in [7, 11) is 0. The predicted molar refractivity (Wildman–Crippen MR) is 55.0 cm³/mol. The summed E-state index contributed by atoms with van der Waals surface area (Å²) in [5.41, 5.74) is 7.69. The van der Waals surface area contributed by atoms with Gasteiger partial charge in [-0.1, -0.05) is 0 Å². The Morgan fingerprint density at radius 2 is 2.60 bits per heavy atom. The normalized spacial score (nSPS) is 23.7. The molecule has 4 N–H and O–H groups in total. The van der Waals surface area contributed by atoms with Gasteiger partial charge < -0.3 is 15.8 Å². The van der Waals surface area contributed by atoms with Crippen LogP contribution in [0, 0.1) is 0 Å². The summed E-state index contributed by atoms with van der Waals surface area (Å²) in [6.07, 6.45) is 0.888. The number of amides is 1. The van der Waals surface area contributed by atoms with Gasteiger partial charge in [-0.05, 0) is 13.3 Å². The fourth-order valence-corrected chi connectivity index (χ4v) is 1.50. The number of hydrogen-bond donors (Lipinski definition) is 3. The van der Waals surface area contributed by atoms with Gasteiger partial charge in [0.2, 0.25) is 5.91 Å². The number of nitrogens with one attached hydrogen (secondary N) is 2. The van der Waals surface area contributed by atoms with Crippen LogP contribution in [0.2, 0.25) is 0 Å². The number of hydrogen-bond acceptors (Lipinski definition) is 5. The van der Waals surface area contributed by atoms with Gasteiger partial charge in [0.05, 0.1) is 13.2 Å². The summed E-state index contributed by atoms with van der Waals surface area (Å²) in [6, 6.07) is 0.502. The molecule has 0 spiro atoms. The van der Waals surface area contributed by atoms with Crippen molar-refractivity contribution in [2.75, 3.05) is 26.4 Å². The third kappa shape index (κ3) is 5.68. The van der Waals surface area contributed by atoms with Gasteiger partial charge in [-0.3, -0.25) is 9.63 Å². The standard InChI is InChI=1S/C9H19N3O3/c1-7(12-15-6-9(10)13)4-8-5-14-3-2-11-8/h7-8,11-12H,2-6H2,1H3,(H2,10,13). The quantitative estimate of drug-likeness (QED) is 0.485. The summed E-state index contributed by atoms with van der Waals surface area (Å²) >= 11 is 0. The first-order valence-corrected chi connectivity index (χ1v) is 5.15. The molecular formula is C9H19N3O3. The number of hydroxylamine groups is 1. The lowest BCUT2D eigenvalue weighted by molar-refractivity contribution is -0.126. The molecule has 1 saturated heterocycles. The second-order valence-electron chi connectivity index (χ2n) is 3.74. The Kier molecular flexibility index (Phi) is 5.56. The minimum Gasteiger partial charge on any atom is -0.379 e. The molecule has 1 aliphatic rings. The topological polar surface area (TPSA) is 85.6 Å². The molecule has 0 aromatic rings. The van der Waals surface area contributed by atoms with Crippen molar-refractivity contribution >= 4 is 5.91 Å². The fraction of sp³-hybridized carbons (Fsp3) is 0.889. The molecular weight excluding hydrogens is 198 g/mol. The lowest BCUT2D eigenvalue weighted by atomic mass is 10.1. The SMILES string of the molecule is CC(CC1COCCN1)NOCC(N)=O. The second kappa shape index (κ2) is 6.73. The van der Waals surface area contributed by atoms with Crippen LogP contribution in [-0.4, -0.2) is 44.4 Å². The Balaban J connectivity index is 2.06. The lowest BCUT2D eigenvalue weighted by Crippen LogP contribution is -2.45. The van der Waals surface area contributed by atoms with Gasteiger partial charge >= 0.3 is 0 Å². The third-order valence-corrected chi connectivity index (χ3v) is 2.14. The van der Waals surface area contributed by atoms with E-state index < -0.39 is 5.91 Å². The molecule has 6 heteroatoms. The van der Waals surface area contributed by atoms with E-state index in [4.69, 9.17) is 15.3 Å². The maximum Gasteiger partial charge on any atom is 0.245 e. The van der Waals surface area contributed by atoms with Crippen LogP contribution >= 0.6 is 0 Å². The molecule has 0 aromatic heterocycles. The highest BCUT2D eigenvalue weighted by Crippen LogP contribution is 2.02. The highest BCUT2D eigenvalue weighted by atomic mass is 16.6. The summed E-state index contributed by atoms with van der Waals surface area (Å²) < 4.78 is 5.32. The molecule has 0 aliphatic carbocycles. The van der Waals surface area contributed by atoms with E-state index in [2.05, 4.69) is 10.8 Å². The van der Waals surface area contributed by atoms with E-state index in [0.717, 1.165) is 26.2 Å². The van der Waals surface area contributed by atoms with Gasteiger partial charge in [-0.15, -0.1) is 0 Å². The Morgan fingerprint density at radius 1 is 1.80 bits per heavy atom. The molecule has 6 nitrogen and oxygen atoms in total. The minimum atomic E-state index is -0.478. The molecule has 0 saturated carbocycles. The first-order chi connectivity index (χ1) is 7.18. The smallest absolute Gasteiger partial charge is 0.245 e. The van der Waals surface area contributed by atoms with E-state index in [1.165, 1.54) is 0 Å². The summed E-state index contributed by atoms with van der Waals surface area (Å²) in [5.74, 6) is -0.478. The van der Waals surface area contributed by atoms with E-state index in [1.54, 1.807) is 0 Å². The molecule has 2 unspecified atom stereocenters. The van der Waals surface area contributed by atoms with E-state index in [9.17, 15) is 4.79 Å². The van der Waals surface area contributed by atoms with Crippen LogP contribution in [0.3, 0.4) is 0 Å². The molecule has 1 heterocycles. The summed E-state index contributed by atoms with van der Waals surface area (Å²) in [5, 5.41) is 3.34. The molecule has 1 aliphatic heterocycles. The first-order valence-electron chi connectivity index (χ1n) is 5.15. The van der Waals surface area contributed by atoms with Crippen LogP contribution in [0.25, 0.3) is 0 Å². The van der Waals surface area contributed by atoms with Crippen LogP contribution in [0.4, 0.5) is 0 Å². The molecule has 0 bridgehead atoms. The van der Waals surface area contributed by atoms with Crippen LogP contribution in [0.15, 0.2) is 0 Å². The van der Waals surface area contributed by atoms with E-state index in [1.807, 2.05) is 6.92 Å². The lowest BCUT2D eigenvalue weighted by Gasteiger charge is -2.26. The van der Waals surface area contributed by atoms with Crippen molar-refractivity contribution in [2.24, 2.45) is 5.73 Å². The maximum absolute atomic E-state index is 10.4. The molecule has 0 aromatic carbocycles. The summed E-state index contributed by atoms with van der Waals surface area (Å²) in [6.45, 7) is 4.27. The van der Waals surface area contributed by atoms with Gasteiger partial charge in [0.1, 0.15) is 6.61 Å². The van der Waals surface area contributed by atoms with E-state index >= 15 is 0 Å². The van der Waals surface area contributed by atoms with Crippen molar-refractivity contribution in [1.82, 2.24) is 10.8 Å². The van der Waals surface area contributed by atoms with Gasteiger partial charge in [0.25, 0.3) is 0 Å². The number of ether oxygens (including phenoxy) is 1. The Morgan fingerprint density at radius 3 is 3.20 bits per heavy atom. The molecule has 0 radical (unpaired) electrons. The molecule has 1 fully saturated rings. The Hall–Kier alpha value is -0.690. The van der Waals surface area contributed by atoms with E-state index in [0.29, 0.717) is 6.04 Å². The average Bonchev–Trinajstić information content (AvgIpc) is 2.18. The van der Waals surface area contributed by atoms with Crippen molar-refractivity contribution in [3.8, 4) is 0 Å². The number of rotatable bonds is 6. The van der Waals surface area contributed by atoms with Gasteiger partial charge in [-0.25, -0.2) is 0 Å². The summed E-state index contributed by atoms with van der Waals surface area (Å²) in [4.78, 5) is 15.3. The van der Waals surface area contributed by atoms with E-state index in [-0.39, 0.29) is 12.6 Å². The molecule has 1 amide bonds. The first kappa shape index (κ1) is 12.4. The van der Waals surface area contributed by atoms with Gasteiger partial charge in [0.15, 0.2) is 0 Å². The number of carbonyl (C=O) groups is 1. The Bertz CT molecular complexity index is 195. The molecule has 88 valence electrons. The number of carbonyl (C=O) groups excluding carboxylic acids is 1. The van der Waals surface area contributed by atoms with Crippen molar-refractivity contribution in [3.63, 3.8) is 0 Å². The Labute approximate surface area is 89.4 Å². The zero-order chi connectivity index (χ0) is 11.1. The van der Waals surface area contributed by atoms with Crippen molar-refractivity contribution in [1.29, 1.82) is 0 Å². The molecule has 15 heavy (non-hydrogen) atoms. The van der Waals surface area contributed by atoms with Crippen LogP contribution in [-0.2, 0) is 14.4 Å².